The van der Waals surface area contributed by atoms with Crippen LogP contribution in [0, 0.1) is 34.4 Å². The Hall–Kier alpha value is -2.73. The Kier molecular flexibility index (Phi) is 3.76. The lowest BCUT2D eigenvalue weighted by molar-refractivity contribution is 0.0638. The Balaban J connectivity index is 2.20. The van der Waals surface area contributed by atoms with Gasteiger partial charge in [-0.3, -0.25) is 14.5 Å². The van der Waals surface area contributed by atoms with Crippen molar-refractivity contribution in [3.63, 3.8) is 0 Å². The molecule has 0 unspecified atom stereocenters. The van der Waals surface area contributed by atoms with Crippen molar-refractivity contribution >= 4 is 11.8 Å². The number of amides is 2. The van der Waals surface area contributed by atoms with Crippen molar-refractivity contribution in [3.8, 4) is 12.1 Å². The van der Waals surface area contributed by atoms with Crippen LogP contribution < -0.4 is 0 Å². The van der Waals surface area contributed by atoms with Gasteiger partial charge in [-0.05, 0) is 24.6 Å². The lowest BCUT2D eigenvalue weighted by atomic mass is 10.1. The van der Waals surface area contributed by atoms with Crippen LogP contribution in [0.25, 0.3) is 0 Å². The third-order valence-corrected chi connectivity index (χ3v) is 3.12. The summed E-state index contributed by atoms with van der Waals surface area (Å²) >= 11 is 0. The number of hydrogen-bond donors (Lipinski definition) is 0. The smallest absolute Gasteiger partial charge is 0.261 e. The van der Waals surface area contributed by atoms with Gasteiger partial charge in [0.1, 0.15) is 5.82 Å². The molecule has 0 aromatic heterocycles. The van der Waals surface area contributed by atoms with Crippen LogP contribution in [0.4, 0.5) is 4.39 Å². The quantitative estimate of drug-likeness (QED) is 0.782. The summed E-state index contributed by atoms with van der Waals surface area (Å²) in [5, 5.41) is 17.5. The van der Waals surface area contributed by atoms with E-state index in [0.717, 1.165) is 17.0 Å². The topological polar surface area (TPSA) is 85.0 Å². The molecule has 1 heterocycles. The van der Waals surface area contributed by atoms with Crippen LogP contribution in [0.5, 0.6) is 0 Å². The lowest BCUT2D eigenvalue weighted by Crippen LogP contribution is -2.34. The summed E-state index contributed by atoms with van der Waals surface area (Å²) < 4.78 is 13.1. The lowest BCUT2D eigenvalue weighted by Gasteiger charge is -2.16. The van der Waals surface area contributed by atoms with E-state index in [2.05, 4.69) is 0 Å². The van der Waals surface area contributed by atoms with E-state index in [9.17, 15) is 14.0 Å². The average Bonchev–Trinajstić information content (AvgIpc) is 2.67. The second-order valence-electron chi connectivity index (χ2n) is 4.43. The molecule has 1 atom stereocenters. The normalized spacial score (nSPS) is 14.7. The van der Waals surface area contributed by atoms with Gasteiger partial charge in [-0.2, -0.15) is 10.5 Å². The molecule has 0 N–H and O–H groups in total. The van der Waals surface area contributed by atoms with Gasteiger partial charge >= 0.3 is 0 Å². The molecule has 2 amide bonds. The second-order valence-corrected chi connectivity index (χ2v) is 4.43. The van der Waals surface area contributed by atoms with Crippen LogP contribution in [0.15, 0.2) is 18.2 Å². The number of hydrogen-bond acceptors (Lipinski definition) is 4. The van der Waals surface area contributed by atoms with E-state index in [1.165, 1.54) is 6.07 Å². The van der Waals surface area contributed by atoms with E-state index >= 15 is 0 Å². The van der Waals surface area contributed by atoms with Crippen molar-refractivity contribution in [2.24, 2.45) is 5.92 Å². The van der Waals surface area contributed by atoms with Gasteiger partial charge in [-0.25, -0.2) is 4.39 Å². The van der Waals surface area contributed by atoms with Gasteiger partial charge in [-0.15, -0.1) is 0 Å². The number of nitriles is 2. The Morgan fingerprint density at radius 2 is 1.90 bits per heavy atom. The Bertz CT molecular complexity index is 657. The number of fused-ring (bicyclic) bond motifs is 1. The van der Waals surface area contributed by atoms with Gasteiger partial charge in [-0.1, -0.05) is 0 Å². The molecule has 0 fully saturated rings. The van der Waals surface area contributed by atoms with E-state index in [1.54, 1.807) is 0 Å². The first-order chi connectivity index (χ1) is 9.58. The summed E-state index contributed by atoms with van der Waals surface area (Å²) in [6.07, 6.45) is 0.463. The Morgan fingerprint density at radius 1 is 1.20 bits per heavy atom. The standard InChI is InChI=1S/C14H10FN3O2/c15-10-3-4-11-12(6-10)14(20)18(13(11)19)8-9(7-17)2-1-5-16/h3-4,6,9H,1-2,8H2/t9-/m1/s1. The molecule has 0 bridgehead atoms. The summed E-state index contributed by atoms with van der Waals surface area (Å²) in [4.78, 5) is 25.0. The van der Waals surface area contributed by atoms with Crippen LogP contribution in [-0.2, 0) is 0 Å². The molecule has 0 spiro atoms. The first-order valence-electron chi connectivity index (χ1n) is 6.00. The van der Waals surface area contributed by atoms with E-state index in [4.69, 9.17) is 10.5 Å². The monoisotopic (exact) mass is 271 g/mol. The molecule has 1 aromatic carbocycles. The van der Waals surface area contributed by atoms with Crippen LogP contribution in [0.2, 0.25) is 0 Å². The Labute approximate surface area is 114 Å². The minimum absolute atomic E-state index is 0.0203. The van der Waals surface area contributed by atoms with Crippen molar-refractivity contribution in [3.05, 3.63) is 35.1 Å². The average molecular weight is 271 g/mol. The summed E-state index contributed by atoms with van der Waals surface area (Å²) in [5.74, 6) is -2.31. The van der Waals surface area contributed by atoms with Crippen molar-refractivity contribution in [1.82, 2.24) is 4.90 Å². The van der Waals surface area contributed by atoms with Crippen LogP contribution in [-0.4, -0.2) is 23.3 Å². The highest BCUT2D eigenvalue weighted by atomic mass is 19.1. The number of nitrogens with zero attached hydrogens (tertiary/aromatic N) is 3. The molecular weight excluding hydrogens is 261 g/mol. The van der Waals surface area contributed by atoms with Gasteiger partial charge in [0, 0.05) is 13.0 Å². The maximum absolute atomic E-state index is 13.1. The van der Waals surface area contributed by atoms with Gasteiger partial charge in [0.15, 0.2) is 0 Å². The third kappa shape index (κ3) is 2.36. The largest absolute Gasteiger partial charge is 0.273 e. The molecule has 0 saturated heterocycles. The molecule has 5 nitrogen and oxygen atoms in total. The molecule has 2 rings (SSSR count). The number of carbonyl (C=O) groups is 2. The van der Waals surface area contributed by atoms with Crippen LogP contribution >= 0.6 is 0 Å². The molecule has 0 aliphatic carbocycles. The van der Waals surface area contributed by atoms with Gasteiger partial charge in [0.05, 0.1) is 29.2 Å². The summed E-state index contributed by atoms with van der Waals surface area (Å²) in [7, 11) is 0. The fourth-order valence-electron chi connectivity index (χ4n) is 2.08. The van der Waals surface area contributed by atoms with E-state index in [1.807, 2.05) is 12.1 Å². The molecule has 100 valence electrons. The van der Waals surface area contributed by atoms with Gasteiger partial charge in [0.2, 0.25) is 0 Å². The maximum atomic E-state index is 13.1. The van der Waals surface area contributed by atoms with Gasteiger partial charge < -0.3 is 0 Å². The van der Waals surface area contributed by atoms with E-state index in [0.29, 0.717) is 0 Å². The van der Waals surface area contributed by atoms with E-state index in [-0.39, 0.29) is 30.5 Å². The number of imide groups is 1. The number of rotatable bonds is 4. The fraction of sp³-hybridized carbons (Fsp3) is 0.286. The first-order valence-corrected chi connectivity index (χ1v) is 6.00. The predicted molar refractivity (Wildman–Crippen MR) is 65.7 cm³/mol. The Morgan fingerprint density at radius 3 is 2.55 bits per heavy atom. The molecule has 20 heavy (non-hydrogen) atoms. The third-order valence-electron chi connectivity index (χ3n) is 3.12. The van der Waals surface area contributed by atoms with Crippen molar-refractivity contribution in [2.75, 3.05) is 6.54 Å². The highest BCUT2D eigenvalue weighted by molar-refractivity contribution is 6.21. The summed E-state index contributed by atoms with van der Waals surface area (Å²) in [6.45, 7) is -0.0772. The second kappa shape index (κ2) is 5.50. The van der Waals surface area contributed by atoms with Gasteiger partial charge in [0.25, 0.3) is 11.8 Å². The summed E-state index contributed by atoms with van der Waals surface area (Å²) in [6, 6.07) is 7.29. The summed E-state index contributed by atoms with van der Waals surface area (Å²) in [5.41, 5.74) is 0.167. The van der Waals surface area contributed by atoms with Crippen molar-refractivity contribution < 1.29 is 14.0 Å². The number of carbonyl (C=O) groups excluding carboxylic acids is 2. The first kappa shape index (κ1) is 13.7. The zero-order valence-corrected chi connectivity index (χ0v) is 10.5. The maximum Gasteiger partial charge on any atom is 0.261 e. The molecule has 6 heteroatoms. The number of halogens is 1. The minimum atomic E-state index is -0.596. The highest BCUT2D eigenvalue weighted by Crippen LogP contribution is 2.25. The molecular formula is C14H10FN3O2. The molecule has 1 aliphatic rings. The fourth-order valence-corrected chi connectivity index (χ4v) is 2.08. The highest BCUT2D eigenvalue weighted by Gasteiger charge is 2.36. The SMILES string of the molecule is N#CCC[C@H](C#N)CN1C(=O)c2ccc(F)cc2C1=O. The zero-order chi connectivity index (χ0) is 14.7. The van der Waals surface area contributed by atoms with Crippen molar-refractivity contribution in [2.45, 2.75) is 12.8 Å². The van der Waals surface area contributed by atoms with Crippen molar-refractivity contribution in [1.29, 1.82) is 10.5 Å². The molecule has 0 saturated carbocycles. The van der Waals surface area contributed by atoms with Crippen LogP contribution in [0.3, 0.4) is 0 Å². The van der Waals surface area contributed by atoms with Crippen LogP contribution in [0.1, 0.15) is 33.6 Å². The zero-order valence-electron chi connectivity index (χ0n) is 10.5. The minimum Gasteiger partial charge on any atom is -0.273 e. The predicted octanol–water partition coefficient (Wildman–Crippen LogP) is 1.87. The molecule has 0 radical (unpaired) electrons. The van der Waals surface area contributed by atoms with E-state index < -0.39 is 23.5 Å². The molecule has 1 aromatic rings. The number of benzene rings is 1. The molecule has 1 aliphatic heterocycles.